The van der Waals surface area contributed by atoms with E-state index in [1.807, 2.05) is 10.9 Å². The first-order valence-electron chi connectivity index (χ1n) is 11.2. The SMILES string of the molecule is c1cc(-n2cnc3c(Nc4ccc(N5CCOCC5)cc4)nc(N4CCOCC4)nc32)cs1. The molecule has 1 aromatic carbocycles. The van der Waals surface area contributed by atoms with Gasteiger partial charge in [-0.15, -0.1) is 0 Å². The van der Waals surface area contributed by atoms with E-state index in [0.717, 1.165) is 61.9 Å². The minimum Gasteiger partial charge on any atom is -0.378 e. The van der Waals surface area contributed by atoms with Crippen LogP contribution >= 0.6 is 11.3 Å². The van der Waals surface area contributed by atoms with E-state index in [9.17, 15) is 0 Å². The zero-order chi connectivity index (χ0) is 22.0. The van der Waals surface area contributed by atoms with Gasteiger partial charge in [0.15, 0.2) is 17.0 Å². The summed E-state index contributed by atoms with van der Waals surface area (Å²) in [6, 6.07) is 10.5. The number of benzene rings is 1. The summed E-state index contributed by atoms with van der Waals surface area (Å²) >= 11 is 1.65. The van der Waals surface area contributed by atoms with Gasteiger partial charge < -0.3 is 24.6 Å². The van der Waals surface area contributed by atoms with Gasteiger partial charge in [0.25, 0.3) is 0 Å². The molecule has 0 radical (unpaired) electrons. The number of anilines is 4. The minimum atomic E-state index is 0.678. The molecule has 0 atom stereocenters. The quantitative estimate of drug-likeness (QED) is 0.483. The molecular formula is C23H25N7O2S. The van der Waals surface area contributed by atoms with E-state index in [-0.39, 0.29) is 0 Å². The van der Waals surface area contributed by atoms with E-state index in [2.05, 4.69) is 61.2 Å². The number of aromatic nitrogens is 4. The molecule has 33 heavy (non-hydrogen) atoms. The van der Waals surface area contributed by atoms with Crippen molar-refractivity contribution in [3.63, 3.8) is 0 Å². The summed E-state index contributed by atoms with van der Waals surface area (Å²) in [5, 5.41) is 7.64. The second-order valence-electron chi connectivity index (χ2n) is 8.01. The first kappa shape index (κ1) is 20.4. The third-order valence-corrected chi connectivity index (χ3v) is 6.64. The van der Waals surface area contributed by atoms with Crippen LogP contribution in [0.3, 0.4) is 0 Å². The van der Waals surface area contributed by atoms with Crippen molar-refractivity contribution in [1.29, 1.82) is 0 Å². The van der Waals surface area contributed by atoms with Gasteiger partial charge in [0.2, 0.25) is 5.95 Å². The summed E-state index contributed by atoms with van der Waals surface area (Å²) in [5.74, 6) is 1.39. The van der Waals surface area contributed by atoms with Crippen molar-refractivity contribution in [3.05, 3.63) is 47.4 Å². The molecule has 0 amide bonds. The predicted molar refractivity (Wildman–Crippen MR) is 130 cm³/mol. The summed E-state index contributed by atoms with van der Waals surface area (Å²) in [5.41, 5.74) is 4.75. The van der Waals surface area contributed by atoms with Gasteiger partial charge in [0.05, 0.1) is 32.1 Å². The number of imidazole rings is 1. The Morgan fingerprint density at radius 3 is 2.24 bits per heavy atom. The molecule has 9 nitrogen and oxygen atoms in total. The van der Waals surface area contributed by atoms with Crippen LogP contribution < -0.4 is 15.1 Å². The third-order valence-electron chi connectivity index (χ3n) is 5.97. The number of ether oxygens (including phenoxy) is 2. The van der Waals surface area contributed by atoms with Crippen LogP contribution in [0.5, 0.6) is 0 Å². The number of thiophene rings is 1. The maximum Gasteiger partial charge on any atom is 0.229 e. The summed E-state index contributed by atoms with van der Waals surface area (Å²) in [6.07, 6.45) is 1.82. The van der Waals surface area contributed by atoms with Crippen LogP contribution in [-0.2, 0) is 9.47 Å². The lowest BCUT2D eigenvalue weighted by Crippen LogP contribution is -2.37. The van der Waals surface area contributed by atoms with Crippen molar-refractivity contribution >= 4 is 45.6 Å². The van der Waals surface area contributed by atoms with Crippen molar-refractivity contribution in [3.8, 4) is 5.69 Å². The topological polar surface area (TPSA) is 80.6 Å². The van der Waals surface area contributed by atoms with Crippen molar-refractivity contribution in [2.24, 2.45) is 0 Å². The maximum atomic E-state index is 5.52. The Balaban J connectivity index is 1.35. The standard InChI is InChI=1S/C23H25N7O2S/c1-3-18(28-6-10-31-11-7-28)4-2-17(1)25-21-20-22(30(16-24-20)19-5-14-33-15-19)27-23(26-21)29-8-12-32-13-9-29/h1-5,14-16H,6-13H2,(H,25,26,27). The van der Waals surface area contributed by atoms with E-state index in [1.165, 1.54) is 5.69 Å². The Morgan fingerprint density at radius 1 is 0.818 bits per heavy atom. The van der Waals surface area contributed by atoms with Gasteiger partial charge >= 0.3 is 0 Å². The lowest BCUT2D eigenvalue weighted by molar-refractivity contribution is 0.122. The zero-order valence-corrected chi connectivity index (χ0v) is 19.0. The Bertz CT molecular complexity index is 1210. The van der Waals surface area contributed by atoms with Gasteiger partial charge in [-0.05, 0) is 35.7 Å². The molecule has 0 spiro atoms. The van der Waals surface area contributed by atoms with Crippen LogP contribution in [0.2, 0.25) is 0 Å². The average Bonchev–Trinajstić information content (AvgIpc) is 3.56. The van der Waals surface area contributed by atoms with Crippen molar-refractivity contribution < 1.29 is 9.47 Å². The van der Waals surface area contributed by atoms with Gasteiger partial charge in [-0.3, -0.25) is 4.57 Å². The molecule has 10 heteroatoms. The van der Waals surface area contributed by atoms with Crippen molar-refractivity contribution in [2.45, 2.75) is 0 Å². The monoisotopic (exact) mass is 463 g/mol. The molecule has 2 fully saturated rings. The number of fused-ring (bicyclic) bond motifs is 1. The lowest BCUT2D eigenvalue weighted by atomic mass is 10.2. The highest BCUT2D eigenvalue weighted by Crippen LogP contribution is 2.29. The van der Waals surface area contributed by atoms with Crippen LogP contribution in [0.1, 0.15) is 0 Å². The molecule has 0 bridgehead atoms. The normalized spacial score (nSPS) is 17.0. The van der Waals surface area contributed by atoms with Crippen molar-refractivity contribution in [1.82, 2.24) is 19.5 Å². The first-order chi connectivity index (χ1) is 16.3. The van der Waals surface area contributed by atoms with Crippen LogP contribution in [0.4, 0.5) is 23.1 Å². The Hall–Kier alpha value is -3.21. The van der Waals surface area contributed by atoms with Gasteiger partial charge in [-0.1, -0.05) is 0 Å². The molecular weight excluding hydrogens is 438 g/mol. The second kappa shape index (κ2) is 8.97. The highest BCUT2D eigenvalue weighted by molar-refractivity contribution is 7.08. The molecule has 170 valence electrons. The summed E-state index contributed by atoms with van der Waals surface area (Å²) in [7, 11) is 0. The number of hydrogen-bond acceptors (Lipinski definition) is 9. The van der Waals surface area contributed by atoms with E-state index in [4.69, 9.17) is 19.4 Å². The number of morpholine rings is 2. The molecule has 2 saturated heterocycles. The highest BCUT2D eigenvalue weighted by atomic mass is 32.1. The Kier molecular flexibility index (Phi) is 5.54. The molecule has 6 rings (SSSR count). The van der Waals surface area contributed by atoms with Gasteiger partial charge in [-0.2, -0.15) is 21.3 Å². The van der Waals surface area contributed by atoms with Crippen LogP contribution in [0, 0.1) is 0 Å². The number of nitrogens with zero attached hydrogens (tertiary/aromatic N) is 6. The fraction of sp³-hybridized carbons (Fsp3) is 0.348. The molecule has 0 aliphatic carbocycles. The maximum absolute atomic E-state index is 5.52. The summed E-state index contributed by atoms with van der Waals surface area (Å²) in [4.78, 5) is 18.9. The smallest absolute Gasteiger partial charge is 0.229 e. The minimum absolute atomic E-state index is 0.678. The molecule has 4 aromatic rings. The molecule has 0 saturated carbocycles. The molecule has 2 aliphatic heterocycles. The van der Waals surface area contributed by atoms with Gasteiger partial charge in [0, 0.05) is 42.9 Å². The molecule has 1 N–H and O–H groups in total. The molecule has 3 aromatic heterocycles. The van der Waals surface area contributed by atoms with Crippen LogP contribution in [0.15, 0.2) is 47.4 Å². The largest absolute Gasteiger partial charge is 0.378 e. The van der Waals surface area contributed by atoms with E-state index < -0.39 is 0 Å². The van der Waals surface area contributed by atoms with Crippen molar-refractivity contribution in [2.75, 3.05) is 67.7 Å². The summed E-state index contributed by atoms with van der Waals surface area (Å²) in [6.45, 7) is 6.28. The predicted octanol–water partition coefficient (Wildman–Crippen LogP) is 3.29. The lowest BCUT2D eigenvalue weighted by Gasteiger charge is -2.29. The van der Waals surface area contributed by atoms with Crippen LogP contribution in [0.25, 0.3) is 16.9 Å². The average molecular weight is 464 g/mol. The van der Waals surface area contributed by atoms with E-state index in [1.54, 1.807) is 11.3 Å². The first-order valence-corrected chi connectivity index (χ1v) is 12.1. The van der Waals surface area contributed by atoms with E-state index in [0.29, 0.717) is 25.0 Å². The second-order valence-corrected chi connectivity index (χ2v) is 8.79. The number of rotatable bonds is 5. The fourth-order valence-electron chi connectivity index (χ4n) is 4.18. The number of nitrogens with one attached hydrogen (secondary N) is 1. The van der Waals surface area contributed by atoms with E-state index >= 15 is 0 Å². The third kappa shape index (κ3) is 4.12. The van der Waals surface area contributed by atoms with Crippen LogP contribution in [-0.4, -0.2) is 72.1 Å². The fourth-order valence-corrected chi connectivity index (χ4v) is 4.81. The molecule has 2 aliphatic rings. The zero-order valence-electron chi connectivity index (χ0n) is 18.2. The molecule has 0 unspecified atom stereocenters. The Morgan fingerprint density at radius 2 is 1.55 bits per heavy atom. The van der Waals surface area contributed by atoms with Gasteiger partial charge in [0.1, 0.15) is 6.33 Å². The number of hydrogen-bond donors (Lipinski definition) is 1. The highest BCUT2D eigenvalue weighted by Gasteiger charge is 2.20. The van der Waals surface area contributed by atoms with Gasteiger partial charge in [-0.25, -0.2) is 4.98 Å². The summed E-state index contributed by atoms with van der Waals surface area (Å²) < 4.78 is 13.0. The Labute approximate surface area is 195 Å². The molecule has 5 heterocycles.